The van der Waals surface area contributed by atoms with Crippen LogP contribution in [0, 0.1) is 5.92 Å². The van der Waals surface area contributed by atoms with Crippen LogP contribution in [-0.2, 0) is 20.7 Å². The minimum atomic E-state index is -0.466. The first-order chi connectivity index (χ1) is 9.54. The molecular formula is C15H20N2O3. The Balaban J connectivity index is 2.50. The predicted octanol–water partition coefficient (Wildman–Crippen LogP) is 1.92. The fourth-order valence-electron chi connectivity index (χ4n) is 1.51. The van der Waals surface area contributed by atoms with Crippen LogP contribution in [0.1, 0.15) is 26.3 Å². The summed E-state index contributed by atoms with van der Waals surface area (Å²) in [6, 6.07) is 9.39. The third kappa shape index (κ3) is 5.22. The van der Waals surface area contributed by atoms with E-state index in [9.17, 15) is 9.59 Å². The van der Waals surface area contributed by atoms with Crippen LogP contribution in [0.5, 0.6) is 0 Å². The molecule has 1 atom stereocenters. The largest absolute Gasteiger partial charge is 0.465 e. The molecule has 1 aromatic carbocycles. The minimum absolute atomic E-state index is 0.216. The van der Waals surface area contributed by atoms with Crippen molar-refractivity contribution in [1.29, 1.82) is 0 Å². The zero-order valence-electron chi connectivity index (χ0n) is 12.1. The van der Waals surface area contributed by atoms with E-state index in [1.165, 1.54) is 0 Å². The number of nitrogens with zero attached hydrogens (tertiary/aromatic N) is 1. The van der Waals surface area contributed by atoms with E-state index in [0.29, 0.717) is 12.3 Å². The molecule has 0 aromatic heterocycles. The summed E-state index contributed by atoms with van der Waals surface area (Å²) in [6.07, 6.45) is 0.255. The van der Waals surface area contributed by atoms with Crippen molar-refractivity contribution in [3.05, 3.63) is 35.9 Å². The fraction of sp³-hybridized carbons (Fsp3) is 0.400. The van der Waals surface area contributed by atoms with Crippen LogP contribution in [0.25, 0.3) is 0 Å². The fourth-order valence-corrected chi connectivity index (χ4v) is 1.51. The molecule has 5 heteroatoms. The van der Waals surface area contributed by atoms with E-state index in [1.54, 1.807) is 20.8 Å². The number of amides is 1. The Morgan fingerprint density at radius 1 is 1.30 bits per heavy atom. The Morgan fingerprint density at radius 3 is 2.55 bits per heavy atom. The molecule has 1 N–H and O–H groups in total. The van der Waals surface area contributed by atoms with Gasteiger partial charge in [-0.3, -0.25) is 9.59 Å². The van der Waals surface area contributed by atoms with Gasteiger partial charge in [0.1, 0.15) is 0 Å². The molecule has 1 amide bonds. The Labute approximate surface area is 119 Å². The molecule has 0 aliphatic heterocycles. The first kappa shape index (κ1) is 15.9. The van der Waals surface area contributed by atoms with Gasteiger partial charge in [0.25, 0.3) is 0 Å². The second kappa shape index (κ2) is 8.09. The molecule has 0 radical (unpaired) electrons. The van der Waals surface area contributed by atoms with E-state index in [2.05, 4.69) is 10.5 Å². The second-order valence-electron chi connectivity index (χ2n) is 4.42. The second-order valence-corrected chi connectivity index (χ2v) is 4.42. The van der Waals surface area contributed by atoms with Crippen LogP contribution < -0.4 is 5.43 Å². The van der Waals surface area contributed by atoms with Gasteiger partial charge in [0.05, 0.1) is 18.9 Å². The van der Waals surface area contributed by atoms with Crippen LogP contribution >= 0.6 is 0 Å². The number of rotatable bonds is 6. The van der Waals surface area contributed by atoms with Gasteiger partial charge in [-0.2, -0.15) is 5.10 Å². The van der Waals surface area contributed by atoms with E-state index in [-0.39, 0.29) is 18.3 Å². The van der Waals surface area contributed by atoms with Crippen molar-refractivity contribution in [2.75, 3.05) is 6.61 Å². The van der Waals surface area contributed by atoms with Gasteiger partial charge in [-0.25, -0.2) is 5.43 Å². The molecule has 0 aliphatic rings. The van der Waals surface area contributed by atoms with E-state index in [0.717, 1.165) is 5.56 Å². The average molecular weight is 276 g/mol. The number of nitrogens with one attached hydrogen (secondary N) is 1. The lowest BCUT2D eigenvalue weighted by molar-refractivity contribution is -0.145. The van der Waals surface area contributed by atoms with Crippen LogP contribution in [0.2, 0.25) is 0 Å². The van der Waals surface area contributed by atoms with Crippen molar-refractivity contribution < 1.29 is 14.3 Å². The highest BCUT2D eigenvalue weighted by molar-refractivity contribution is 6.00. The maximum absolute atomic E-state index is 11.7. The molecule has 0 saturated heterocycles. The summed E-state index contributed by atoms with van der Waals surface area (Å²) in [6.45, 7) is 5.46. The summed E-state index contributed by atoms with van der Waals surface area (Å²) >= 11 is 0. The van der Waals surface area contributed by atoms with Crippen molar-refractivity contribution in [3.63, 3.8) is 0 Å². The number of esters is 1. The van der Waals surface area contributed by atoms with Gasteiger partial charge in [0.2, 0.25) is 5.91 Å². The van der Waals surface area contributed by atoms with Gasteiger partial charge in [0, 0.05) is 5.71 Å². The van der Waals surface area contributed by atoms with Crippen molar-refractivity contribution in [2.24, 2.45) is 11.0 Å². The van der Waals surface area contributed by atoms with Crippen molar-refractivity contribution in [2.45, 2.75) is 27.2 Å². The summed E-state index contributed by atoms with van der Waals surface area (Å²) < 4.78 is 4.89. The molecule has 1 aromatic rings. The summed E-state index contributed by atoms with van der Waals surface area (Å²) in [5.74, 6) is -1.02. The first-order valence-corrected chi connectivity index (χ1v) is 6.58. The van der Waals surface area contributed by atoms with E-state index in [1.807, 2.05) is 30.3 Å². The first-order valence-electron chi connectivity index (χ1n) is 6.58. The molecule has 1 rings (SSSR count). The Bertz CT molecular complexity index is 483. The van der Waals surface area contributed by atoms with E-state index in [4.69, 9.17) is 4.74 Å². The third-order valence-electron chi connectivity index (χ3n) is 2.83. The number of carbonyl (C=O) groups excluding carboxylic acids is 2. The van der Waals surface area contributed by atoms with Crippen molar-refractivity contribution in [3.8, 4) is 0 Å². The van der Waals surface area contributed by atoms with Gasteiger partial charge in [0.15, 0.2) is 0 Å². The molecule has 5 nitrogen and oxygen atoms in total. The van der Waals surface area contributed by atoms with Crippen molar-refractivity contribution in [1.82, 2.24) is 5.43 Å². The SMILES string of the molecule is CCOC(=O)C(C)/C(C)=N/NC(=O)Cc1ccccc1. The maximum Gasteiger partial charge on any atom is 0.314 e. The van der Waals surface area contributed by atoms with Gasteiger partial charge < -0.3 is 4.74 Å². The van der Waals surface area contributed by atoms with Crippen LogP contribution in [-0.4, -0.2) is 24.2 Å². The zero-order chi connectivity index (χ0) is 15.0. The molecule has 0 heterocycles. The van der Waals surface area contributed by atoms with Crippen LogP contribution in [0.3, 0.4) is 0 Å². The van der Waals surface area contributed by atoms with Crippen LogP contribution in [0.15, 0.2) is 35.4 Å². The molecule has 0 fully saturated rings. The van der Waals surface area contributed by atoms with E-state index < -0.39 is 5.92 Å². The topological polar surface area (TPSA) is 67.8 Å². The molecular weight excluding hydrogens is 256 g/mol. The molecule has 108 valence electrons. The molecule has 1 unspecified atom stereocenters. The summed E-state index contributed by atoms with van der Waals surface area (Å²) in [7, 11) is 0. The summed E-state index contributed by atoms with van der Waals surface area (Å²) in [5.41, 5.74) is 3.88. The van der Waals surface area contributed by atoms with Gasteiger partial charge >= 0.3 is 5.97 Å². The minimum Gasteiger partial charge on any atom is -0.465 e. The van der Waals surface area contributed by atoms with Gasteiger partial charge in [-0.05, 0) is 26.3 Å². The highest BCUT2D eigenvalue weighted by Gasteiger charge is 2.17. The third-order valence-corrected chi connectivity index (χ3v) is 2.83. The molecule has 20 heavy (non-hydrogen) atoms. The summed E-state index contributed by atoms with van der Waals surface area (Å²) in [5, 5.41) is 3.94. The number of hydrazone groups is 1. The number of benzene rings is 1. The highest BCUT2D eigenvalue weighted by Crippen LogP contribution is 2.02. The number of hydrogen-bond donors (Lipinski definition) is 1. The number of ether oxygens (including phenoxy) is 1. The Hall–Kier alpha value is -2.17. The molecule has 0 bridgehead atoms. The predicted molar refractivity (Wildman–Crippen MR) is 77.2 cm³/mol. The van der Waals surface area contributed by atoms with Crippen molar-refractivity contribution >= 4 is 17.6 Å². The lowest BCUT2D eigenvalue weighted by atomic mass is 10.1. The normalized spacial score (nSPS) is 12.7. The Kier molecular flexibility index (Phi) is 6.43. The maximum atomic E-state index is 11.7. The molecule has 0 spiro atoms. The quantitative estimate of drug-likeness (QED) is 0.490. The molecule has 0 aliphatic carbocycles. The zero-order valence-corrected chi connectivity index (χ0v) is 12.1. The lowest BCUT2D eigenvalue weighted by Crippen LogP contribution is -2.26. The monoisotopic (exact) mass is 276 g/mol. The number of carbonyl (C=O) groups is 2. The van der Waals surface area contributed by atoms with E-state index >= 15 is 0 Å². The van der Waals surface area contributed by atoms with Gasteiger partial charge in [-0.15, -0.1) is 0 Å². The highest BCUT2D eigenvalue weighted by atomic mass is 16.5. The standard InChI is InChI=1S/C15H20N2O3/c1-4-20-15(19)11(2)12(3)16-17-14(18)10-13-8-6-5-7-9-13/h5-9,11H,4,10H2,1-3H3,(H,17,18)/b16-12+. The molecule has 0 saturated carbocycles. The number of hydrogen-bond acceptors (Lipinski definition) is 4. The smallest absolute Gasteiger partial charge is 0.314 e. The van der Waals surface area contributed by atoms with Crippen LogP contribution in [0.4, 0.5) is 0 Å². The average Bonchev–Trinajstić information content (AvgIpc) is 2.45. The summed E-state index contributed by atoms with van der Waals surface area (Å²) in [4.78, 5) is 23.2. The lowest BCUT2D eigenvalue weighted by Gasteiger charge is -2.10. The Morgan fingerprint density at radius 2 is 1.95 bits per heavy atom. The van der Waals surface area contributed by atoms with Gasteiger partial charge in [-0.1, -0.05) is 30.3 Å².